The SMILES string of the molecule is C.CCNC(=O)[C@H](CCC(=O)OC(C)(C)C)NC(=O)c1c[nH]c(-c2cc(Oc3ccc(CC(=O)Cc4cccc(C)c4)c(F)c3)ccn2)c1. The number of halogens is 1. The van der Waals surface area contributed by atoms with Crippen LogP contribution in [0.15, 0.2) is 73.1 Å². The molecule has 2 aromatic carbocycles. The first kappa shape index (κ1) is 38.1. The Balaban J connectivity index is 0.00000650. The summed E-state index contributed by atoms with van der Waals surface area (Å²) >= 11 is 0. The van der Waals surface area contributed by atoms with Crippen LogP contribution in [0.25, 0.3) is 11.4 Å². The van der Waals surface area contributed by atoms with E-state index in [4.69, 9.17) is 9.47 Å². The number of nitrogens with zero attached hydrogens (tertiary/aromatic N) is 1. The van der Waals surface area contributed by atoms with Gasteiger partial charge in [0.05, 0.1) is 17.0 Å². The van der Waals surface area contributed by atoms with Gasteiger partial charge in [-0.3, -0.25) is 24.2 Å². The summed E-state index contributed by atoms with van der Waals surface area (Å²) in [6.45, 7) is 9.34. The number of pyridine rings is 1. The van der Waals surface area contributed by atoms with Crippen LogP contribution in [-0.4, -0.2) is 51.7 Å². The zero-order valence-electron chi connectivity index (χ0n) is 27.8. The number of hydrogen-bond donors (Lipinski definition) is 3. The molecule has 1 atom stereocenters. The molecule has 4 rings (SSSR count). The van der Waals surface area contributed by atoms with Crippen molar-refractivity contribution in [3.05, 3.63) is 101 Å². The first-order chi connectivity index (χ1) is 22.8. The van der Waals surface area contributed by atoms with Gasteiger partial charge in [0.1, 0.15) is 34.7 Å². The van der Waals surface area contributed by atoms with Gasteiger partial charge in [-0.15, -0.1) is 0 Å². The summed E-state index contributed by atoms with van der Waals surface area (Å²) in [5, 5.41) is 5.38. The second kappa shape index (κ2) is 17.2. The molecule has 0 radical (unpaired) electrons. The fraction of sp³-hybridized carbons (Fsp3) is 0.342. The van der Waals surface area contributed by atoms with Gasteiger partial charge in [-0.05, 0) is 70.4 Å². The van der Waals surface area contributed by atoms with Crippen molar-refractivity contribution < 1.29 is 33.0 Å². The number of carbonyl (C=O) groups is 4. The number of amides is 2. The molecule has 260 valence electrons. The molecule has 49 heavy (non-hydrogen) atoms. The predicted octanol–water partition coefficient (Wildman–Crippen LogP) is 6.66. The molecule has 0 unspecified atom stereocenters. The van der Waals surface area contributed by atoms with Crippen molar-refractivity contribution in [2.24, 2.45) is 0 Å². The summed E-state index contributed by atoms with van der Waals surface area (Å²) < 4.78 is 26.1. The van der Waals surface area contributed by atoms with Crippen molar-refractivity contribution in [2.75, 3.05) is 6.54 Å². The first-order valence-electron chi connectivity index (χ1n) is 15.8. The zero-order valence-corrected chi connectivity index (χ0v) is 27.8. The summed E-state index contributed by atoms with van der Waals surface area (Å²) in [4.78, 5) is 57.9. The summed E-state index contributed by atoms with van der Waals surface area (Å²) in [5.41, 5.74) is 2.78. The van der Waals surface area contributed by atoms with Crippen LogP contribution in [-0.2, 0) is 32.0 Å². The van der Waals surface area contributed by atoms with E-state index >= 15 is 0 Å². The van der Waals surface area contributed by atoms with Crippen LogP contribution in [0.1, 0.15) is 75.0 Å². The Hall–Kier alpha value is -5.32. The fourth-order valence-electron chi connectivity index (χ4n) is 4.95. The van der Waals surface area contributed by atoms with Crippen molar-refractivity contribution in [3.8, 4) is 22.9 Å². The minimum atomic E-state index is -0.948. The van der Waals surface area contributed by atoms with Crippen molar-refractivity contribution in [1.82, 2.24) is 20.6 Å². The minimum Gasteiger partial charge on any atom is -0.460 e. The molecule has 11 heteroatoms. The molecule has 2 aromatic heterocycles. The van der Waals surface area contributed by atoms with Gasteiger partial charge in [0.2, 0.25) is 5.91 Å². The predicted molar refractivity (Wildman–Crippen MR) is 186 cm³/mol. The molecular weight excluding hydrogens is 627 g/mol. The van der Waals surface area contributed by atoms with E-state index in [0.29, 0.717) is 23.7 Å². The number of aromatic amines is 1. The first-order valence-corrected chi connectivity index (χ1v) is 15.8. The Bertz CT molecular complexity index is 1780. The molecule has 0 aliphatic heterocycles. The van der Waals surface area contributed by atoms with Gasteiger partial charge in [0, 0.05) is 50.3 Å². The lowest BCUT2D eigenvalue weighted by molar-refractivity contribution is -0.155. The number of aromatic nitrogens is 2. The number of H-pyrrole nitrogens is 1. The van der Waals surface area contributed by atoms with Crippen LogP contribution in [0.3, 0.4) is 0 Å². The molecule has 0 saturated carbocycles. The van der Waals surface area contributed by atoms with Gasteiger partial charge < -0.3 is 25.1 Å². The van der Waals surface area contributed by atoms with Gasteiger partial charge in [-0.2, -0.15) is 0 Å². The molecule has 2 amide bonds. The number of benzene rings is 2. The van der Waals surface area contributed by atoms with Crippen LogP contribution < -0.4 is 15.4 Å². The summed E-state index contributed by atoms with van der Waals surface area (Å²) in [7, 11) is 0. The van der Waals surface area contributed by atoms with E-state index < -0.39 is 35.2 Å². The van der Waals surface area contributed by atoms with Crippen molar-refractivity contribution in [1.29, 1.82) is 0 Å². The second-order valence-electron chi connectivity index (χ2n) is 12.5. The quantitative estimate of drug-likeness (QED) is 0.127. The summed E-state index contributed by atoms with van der Waals surface area (Å²) in [6.07, 6.45) is 3.21. The van der Waals surface area contributed by atoms with Crippen molar-refractivity contribution in [3.63, 3.8) is 0 Å². The zero-order chi connectivity index (χ0) is 34.8. The van der Waals surface area contributed by atoms with Gasteiger partial charge in [-0.1, -0.05) is 43.3 Å². The van der Waals surface area contributed by atoms with Crippen LogP contribution in [0, 0.1) is 12.7 Å². The Labute approximate surface area is 286 Å². The summed E-state index contributed by atoms with van der Waals surface area (Å²) in [5.74, 6) is -1.41. The van der Waals surface area contributed by atoms with Crippen LogP contribution >= 0.6 is 0 Å². The number of ether oxygens (including phenoxy) is 2. The number of likely N-dealkylation sites (N-methyl/N-ethyl adjacent to an activating group) is 1. The number of nitrogens with one attached hydrogen (secondary N) is 3. The highest BCUT2D eigenvalue weighted by Gasteiger charge is 2.25. The highest BCUT2D eigenvalue weighted by molar-refractivity contribution is 5.98. The smallest absolute Gasteiger partial charge is 0.306 e. The molecular formula is C38H45FN4O6. The normalized spacial score (nSPS) is 11.6. The molecule has 0 aliphatic rings. The average Bonchev–Trinajstić information content (AvgIpc) is 3.51. The lowest BCUT2D eigenvalue weighted by atomic mass is 10.0. The Morgan fingerprint density at radius 2 is 1.73 bits per heavy atom. The van der Waals surface area contributed by atoms with Gasteiger partial charge in [-0.25, -0.2) is 4.39 Å². The van der Waals surface area contributed by atoms with E-state index in [1.54, 1.807) is 58.0 Å². The van der Waals surface area contributed by atoms with E-state index in [9.17, 15) is 23.6 Å². The van der Waals surface area contributed by atoms with Crippen LogP contribution in [0.2, 0.25) is 0 Å². The van der Waals surface area contributed by atoms with Gasteiger partial charge in [0.25, 0.3) is 5.91 Å². The molecule has 4 aromatic rings. The number of Topliss-reactive ketones (excluding diaryl/α,β-unsaturated/α-hetero) is 1. The Morgan fingerprint density at radius 1 is 0.980 bits per heavy atom. The van der Waals surface area contributed by atoms with Crippen LogP contribution in [0.5, 0.6) is 11.5 Å². The number of aryl methyl sites for hydroxylation is 1. The number of ketones is 1. The minimum absolute atomic E-state index is 0. The third kappa shape index (κ3) is 11.7. The van der Waals surface area contributed by atoms with E-state index in [1.165, 1.54) is 18.5 Å². The molecule has 0 fully saturated rings. The molecule has 10 nitrogen and oxygen atoms in total. The number of esters is 1. The maximum atomic E-state index is 14.9. The van der Waals surface area contributed by atoms with E-state index in [-0.39, 0.29) is 55.8 Å². The topological polar surface area (TPSA) is 139 Å². The Morgan fingerprint density at radius 3 is 2.43 bits per heavy atom. The van der Waals surface area contributed by atoms with Gasteiger partial charge >= 0.3 is 5.97 Å². The lowest BCUT2D eigenvalue weighted by Crippen LogP contribution is -2.47. The average molecular weight is 673 g/mol. The van der Waals surface area contributed by atoms with Crippen molar-refractivity contribution >= 4 is 23.6 Å². The van der Waals surface area contributed by atoms with Gasteiger partial charge in [0.15, 0.2) is 0 Å². The molecule has 3 N–H and O–H groups in total. The molecule has 0 aliphatic carbocycles. The number of carbonyl (C=O) groups excluding carboxylic acids is 4. The number of hydrogen-bond acceptors (Lipinski definition) is 7. The molecule has 0 bridgehead atoms. The third-order valence-corrected chi connectivity index (χ3v) is 7.11. The second-order valence-corrected chi connectivity index (χ2v) is 12.5. The molecule has 0 saturated heterocycles. The maximum absolute atomic E-state index is 14.9. The monoisotopic (exact) mass is 672 g/mol. The third-order valence-electron chi connectivity index (χ3n) is 7.11. The van der Waals surface area contributed by atoms with Crippen molar-refractivity contribution in [2.45, 2.75) is 79.4 Å². The number of rotatable bonds is 14. The van der Waals surface area contributed by atoms with E-state index in [2.05, 4.69) is 20.6 Å². The molecule has 0 spiro atoms. The fourth-order valence-corrected chi connectivity index (χ4v) is 4.95. The maximum Gasteiger partial charge on any atom is 0.306 e. The van der Waals surface area contributed by atoms with E-state index in [0.717, 1.165) is 11.1 Å². The highest BCUT2D eigenvalue weighted by atomic mass is 19.1. The highest BCUT2D eigenvalue weighted by Crippen LogP contribution is 2.27. The Kier molecular flexibility index (Phi) is 13.4. The lowest BCUT2D eigenvalue weighted by Gasteiger charge is -2.21. The standard InChI is InChI=1S/C37H41FN4O6.CH4/c1-6-39-36(46)31(12-13-34(44)48-37(3,4)5)42-35(45)26-19-32(41-22-26)33-21-29(14-15-40-33)47-28-11-10-25(30(38)20-28)18-27(43)17-24-9-7-8-23(2)16-24;/h7-11,14-16,19-22,31,41H,6,12-13,17-18H2,1-5H3,(H,39,46)(H,42,45);1H4/t31-;/m0./s1. The molecule has 2 heterocycles. The van der Waals surface area contributed by atoms with E-state index in [1.807, 2.05) is 31.2 Å². The summed E-state index contributed by atoms with van der Waals surface area (Å²) in [6, 6.07) is 15.9. The largest absolute Gasteiger partial charge is 0.460 e. The van der Waals surface area contributed by atoms with Crippen LogP contribution in [0.4, 0.5) is 4.39 Å².